The van der Waals surface area contributed by atoms with Crippen LogP contribution in [0.2, 0.25) is 0 Å². The summed E-state index contributed by atoms with van der Waals surface area (Å²) < 4.78 is 0. The first kappa shape index (κ1) is 15.6. The van der Waals surface area contributed by atoms with Gasteiger partial charge in [0.15, 0.2) is 0 Å². The average molecular weight is 272 g/mol. The lowest BCUT2D eigenvalue weighted by atomic mass is 9.63. The predicted molar refractivity (Wildman–Crippen MR) is 89.8 cm³/mol. The highest BCUT2D eigenvalue weighted by Crippen LogP contribution is 2.48. The maximum Gasteiger partial charge on any atom is -0.0108 e. The maximum atomic E-state index is 2.53. The van der Waals surface area contributed by atoms with Gasteiger partial charge < -0.3 is 0 Å². The van der Waals surface area contributed by atoms with Gasteiger partial charge in [-0.1, -0.05) is 48.3 Å². The van der Waals surface area contributed by atoms with Crippen LogP contribution in [-0.4, -0.2) is 0 Å². The van der Waals surface area contributed by atoms with E-state index >= 15 is 0 Å². The van der Waals surface area contributed by atoms with E-state index in [1.54, 1.807) is 22.3 Å². The molecule has 0 spiro atoms. The molecule has 2 aliphatic carbocycles. The third-order valence-corrected chi connectivity index (χ3v) is 5.73. The zero-order chi connectivity index (χ0) is 14.8. The second-order valence-electron chi connectivity index (χ2n) is 7.61. The SMILES string of the molecule is CC1=CCC2=C(C)CCC(CC=C(C)CCC1)C2(C)C. The Hall–Kier alpha value is -0.780. The van der Waals surface area contributed by atoms with Crippen LogP contribution >= 0.6 is 0 Å². The lowest BCUT2D eigenvalue weighted by molar-refractivity contribution is 0.226. The Morgan fingerprint density at radius 3 is 2.30 bits per heavy atom. The van der Waals surface area contributed by atoms with Gasteiger partial charge in [-0.25, -0.2) is 0 Å². The Morgan fingerprint density at radius 2 is 1.60 bits per heavy atom. The Kier molecular flexibility index (Phi) is 4.94. The monoisotopic (exact) mass is 272 g/mol. The van der Waals surface area contributed by atoms with Gasteiger partial charge in [-0.05, 0) is 77.0 Å². The van der Waals surface area contributed by atoms with Gasteiger partial charge in [0.25, 0.3) is 0 Å². The molecule has 20 heavy (non-hydrogen) atoms. The van der Waals surface area contributed by atoms with Gasteiger partial charge in [-0.3, -0.25) is 0 Å². The van der Waals surface area contributed by atoms with Crippen LogP contribution in [0.25, 0.3) is 0 Å². The van der Waals surface area contributed by atoms with E-state index in [0.717, 1.165) is 5.92 Å². The van der Waals surface area contributed by atoms with Crippen LogP contribution in [0, 0.1) is 11.3 Å². The zero-order valence-corrected chi connectivity index (χ0v) is 14.2. The molecule has 0 nitrogen and oxygen atoms in total. The first-order valence-electron chi connectivity index (χ1n) is 8.41. The Balaban J connectivity index is 2.34. The zero-order valence-electron chi connectivity index (χ0n) is 14.2. The molecule has 112 valence electrons. The summed E-state index contributed by atoms with van der Waals surface area (Å²) in [6.45, 7) is 12.0. The molecule has 0 heterocycles. The normalized spacial score (nSPS) is 28.1. The van der Waals surface area contributed by atoms with Gasteiger partial charge in [0.2, 0.25) is 0 Å². The minimum absolute atomic E-state index is 0.370. The second-order valence-corrected chi connectivity index (χ2v) is 7.61. The van der Waals surface area contributed by atoms with Crippen LogP contribution in [0.4, 0.5) is 0 Å². The summed E-state index contributed by atoms with van der Waals surface area (Å²) >= 11 is 0. The molecular formula is C20H32. The third kappa shape index (κ3) is 3.45. The first-order chi connectivity index (χ1) is 9.41. The lowest BCUT2D eigenvalue weighted by Gasteiger charge is -2.42. The number of allylic oxidation sites excluding steroid dienone is 6. The maximum absolute atomic E-state index is 2.53. The van der Waals surface area contributed by atoms with Crippen LogP contribution in [0.5, 0.6) is 0 Å². The molecular weight excluding hydrogens is 240 g/mol. The molecule has 1 atom stereocenters. The van der Waals surface area contributed by atoms with Crippen molar-refractivity contribution in [3.63, 3.8) is 0 Å². The molecule has 0 aromatic carbocycles. The fraction of sp³-hybridized carbons (Fsp3) is 0.700. The minimum Gasteiger partial charge on any atom is -0.0853 e. The van der Waals surface area contributed by atoms with Crippen molar-refractivity contribution in [1.29, 1.82) is 0 Å². The second kappa shape index (κ2) is 6.33. The quantitative estimate of drug-likeness (QED) is 0.436. The van der Waals surface area contributed by atoms with Crippen LogP contribution in [-0.2, 0) is 0 Å². The number of rotatable bonds is 0. The third-order valence-electron chi connectivity index (χ3n) is 5.73. The van der Waals surface area contributed by atoms with Crippen molar-refractivity contribution in [2.24, 2.45) is 11.3 Å². The predicted octanol–water partition coefficient (Wildman–Crippen LogP) is 6.60. The molecule has 0 saturated carbocycles. The molecule has 0 aromatic heterocycles. The molecule has 0 heteroatoms. The molecule has 2 aliphatic rings. The Bertz CT molecular complexity index is 443. The molecule has 0 radical (unpaired) electrons. The van der Waals surface area contributed by atoms with Gasteiger partial charge in [0.05, 0.1) is 0 Å². The van der Waals surface area contributed by atoms with Gasteiger partial charge in [0, 0.05) is 0 Å². The molecule has 2 bridgehead atoms. The van der Waals surface area contributed by atoms with E-state index in [2.05, 4.69) is 46.8 Å². The molecule has 1 unspecified atom stereocenters. The van der Waals surface area contributed by atoms with Crippen molar-refractivity contribution < 1.29 is 0 Å². The number of hydrogen-bond donors (Lipinski definition) is 0. The highest BCUT2D eigenvalue weighted by molar-refractivity contribution is 5.27. The van der Waals surface area contributed by atoms with Crippen LogP contribution in [0.3, 0.4) is 0 Å². The van der Waals surface area contributed by atoms with Crippen molar-refractivity contribution in [3.8, 4) is 0 Å². The summed E-state index contributed by atoms with van der Waals surface area (Å²) in [5.41, 5.74) is 6.93. The summed E-state index contributed by atoms with van der Waals surface area (Å²) in [6.07, 6.45) is 14.0. The molecule has 0 fully saturated rings. The van der Waals surface area contributed by atoms with Gasteiger partial charge in [-0.15, -0.1) is 0 Å². The average Bonchev–Trinajstić information content (AvgIpc) is 2.36. The van der Waals surface area contributed by atoms with E-state index in [4.69, 9.17) is 0 Å². The Labute approximate surface area is 126 Å². The summed E-state index contributed by atoms with van der Waals surface area (Å²) in [7, 11) is 0. The largest absolute Gasteiger partial charge is 0.0853 e. The van der Waals surface area contributed by atoms with Gasteiger partial charge >= 0.3 is 0 Å². The Morgan fingerprint density at radius 1 is 0.950 bits per heavy atom. The summed E-state index contributed by atoms with van der Waals surface area (Å²) in [5.74, 6) is 0.823. The van der Waals surface area contributed by atoms with E-state index in [1.165, 1.54) is 44.9 Å². The first-order valence-corrected chi connectivity index (χ1v) is 8.41. The highest BCUT2D eigenvalue weighted by atomic mass is 14.4. The fourth-order valence-corrected chi connectivity index (χ4v) is 4.02. The van der Waals surface area contributed by atoms with Crippen molar-refractivity contribution >= 4 is 0 Å². The van der Waals surface area contributed by atoms with E-state index in [1.807, 2.05) is 0 Å². The van der Waals surface area contributed by atoms with Gasteiger partial charge in [-0.2, -0.15) is 0 Å². The van der Waals surface area contributed by atoms with Crippen molar-refractivity contribution in [2.45, 2.75) is 79.6 Å². The fourth-order valence-electron chi connectivity index (χ4n) is 4.02. The van der Waals surface area contributed by atoms with Crippen molar-refractivity contribution in [1.82, 2.24) is 0 Å². The molecule has 0 aliphatic heterocycles. The minimum atomic E-state index is 0.370. The molecule has 0 saturated heterocycles. The van der Waals surface area contributed by atoms with Gasteiger partial charge in [0.1, 0.15) is 0 Å². The van der Waals surface area contributed by atoms with E-state index in [9.17, 15) is 0 Å². The van der Waals surface area contributed by atoms with Crippen molar-refractivity contribution in [3.05, 3.63) is 34.4 Å². The van der Waals surface area contributed by atoms with E-state index < -0.39 is 0 Å². The van der Waals surface area contributed by atoms with Crippen LogP contribution in [0.15, 0.2) is 34.4 Å². The summed E-state index contributed by atoms with van der Waals surface area (Å²) in [6, 6.07) is 0. The standard InChI is InChI=1S/C20H32/c1-15-7-6-8-16(2)10-14-19-17(3)11-13-18(12-9-15)20(19,4)5/h9-10,18H,6-8,11-14H2,1-5H3. The molecule has 2 rings (SSSR count). The van der Waals surface area contributed by atoms with Crippen molar-refractivity contribution in [2.75, 3.05) is 0 Å². The summed E-state index contributed by atoms with van der Waals surface area (Å²) in [4.78, 5) is 0. The number of fused-ring (bicyclic) bond motifs is 2. The molecule has 0 amide bonds. The van der Waals surface area contributed by atoms with Crippen LogP contribution < -0.4 is 0 Å². The topological polar surface area (TPSA) is 0 Å². The van der Waals surface area contributed by atoms with E-state index in [-0.39, 0.29) is 0 Å². The highest BCUT2D eigenvalue weighted by Gasteiger charge is 2.35. The smallest absolute Gasteiger partial charge is 0.0108 e. The summed E-state index contributed by atoms with van der Waals surface area (Å²) in [5, 5.41) is 0. The van der Waals surface area contributed by atoms with E-state index in [0.29, 0.717) is 5.41 Å². The number of hydrogen-bond acceptors (Lipinski definition) is 0. The lowest BCUT2D eigenvalue weighted by Crippen LogP contribution is -2.30. The molecule has 0 N–H and O–H groups in total. The van der Waals surface area contributed by atoms with Crippen LogP contribution in [0.1, 0.15) is 79.6 Å². The molecule has 0 aromatic rings.